The highest BCUT2D eigenvalue weighted by Crippen LogP contribution is 2.32. The maximum Gasteiger partial charge on any atom is 0.573 e. The number of rotatable bonds is 3. The molecule has 9 heteroatoms. The lowest BCUT2D eigenvalue weighted by atomic mass is 10.3. The van der Waals surface area contributed by atoms with Crippen molar-refractivity contribution in [3.63, 3.8) is 0 Å². The Morgan fingerprint density at radius 3 is 2.40 bits per heavy atom. The molecule has 0 amide bonds. The molecule has 1 N–H and O–H groups in total. The van der Waals surface area contributed by atoms with E-state index in [0.29, 0.717) is 11.6 Å². The lowest BCUT2D eigenvalue weighted by Gasteiger charge is -2.12. The molecule has 0 radical (unpaired) electrons. The number of alkyl halides is 3. The highest BCUT2D eigenvalue weighted by Gasteiger charge is 2.31. The molecule has 0 saturated carbocycles. The Hall–Kier alpha value is -1.10. The molecule has 20 heavy (non-hydrogen) atoms. The monoisotopic (exact) mass is 459 g/mol. The van der Waals surface area contributed by atoms with Crippen molar-refractivity contribution in [3.05, 3.63) is 38.6 Å². The first-order valence-corrected chi connectivity index (χ1v) is 7.00. The number of ether oxygens (including phenoxy) is 1. The molecule has 1 aromatic heterocycles. The molecule has 0 spiro atoms. The van der Waals surface area contributed by atoms with Crippen molar-refractivity contribution in [2.45, 2.75) is 6.36 Å². The number of anilines is 2. The minimum absolute atomic E-state index is 0.172. The summed E-state index contributed by atoms with van der Waals surface area (Å²) in [5, 5.41) is 2.87. The summed E-state index contributed by atoms with van der Waals surface area (Å²) < 4.78 is 41.3. The molecule has 106 valence electrons. The average Bonchev–Trinajstić information content (AvgIpc) is 2.34. The number of hydrogen-bond acceptors (Lipinski definition) is 4. The van der Waals surface area contributed by atoms with E-state index in [1.54, 1.807) is 12.4 Å². The maximum absolute atomic E-state index is 12.1. The molecular weight excluding hydrogens is 454 g/mol. The molecule has 0 aliphatic carbocycles. The Kier molecular flexibility index (Phi) is 4.68. The van der Waals surface area contributed by atoms with Crippen LogP contribution >= 0.6 is 38.5 Å². The van der Waals surface area contributed by atoms with Crippen LogP contribution in [0.15, 0.2) is 35.1 Å². The van der Waals surface area contributed by atoms with Crippen LogP contribution in [0.2, 0.25) is 0 Å². The van der Waals surface area contributed by atoms with Crippen LogP contribution in [0.1, 0.15) is 0 Å². The summed E-state index contributed by atoms with van der Waals surface area (Å²) in [5.74, 6) is 0.0355. The maximum atomic E-state index is 12.1. The predicted molar refractivity (Wildman–Crippen MR) is 78.9 cm³/mol. The largest absolute Gasteiger partial charge is 0.573 e. The SMILES string of the molecule is FC(F)(F)Oc1ccc(Nc2ncc(I)cn2)cc1Br. The lowest BCUT2D eigenvalue weighted by molar-refractivity contribution is -0.274. The number of nitrogens with one attached hydrogen (secondary N) is 1. The number of benzene rings is 1. The minimum Gasteiger partial charge on any atom is -0.405 e. The summed E-state index contributed by atoms with van der Waals surface area (Å²) in [5.41, 5.74) is 0.535. The summed E-state index contributed by atoms with van der Waals surface area (Å²) in [6.45, 7) is 0. The molecular formula is C11H6BrF3IN3O. The molecule has 2 rings (SSSR count). The minimum atomic E-state index is -4.73. The molecule has 0 saturated heterocycles. The number of halogens is 5. The molecule has 2 aromatic rings. The van der Waals surface area contributed by atoms with Crippen molar-refractivity contribution in [1.82, 2.24) is 9.97 Å². The third-order valence-corrected chi connectivity index (χ3v) is 3.21. The molecule has 0 aliphatic heterocycles. The van der Waals surface area contributed by atoms with E-state index in [1.807, 2.05) is 0 Å². The normalized spacial score (nSPS) is 11.2. The van der Waals surface area contributed by atoms with Crippen LogP contribution in [0, 0.1) is 3.57 Å². The molecule has 0 atom stereocenters. The van der Waals surface area contributed by atoms with Gasteiger partial charge >= 0.3 is 6.36 Å². The Labute approximate surface area is 134 Å². The van der Waals surface area contributed by atoms with Gasteiger partial charge in [-0.15, -0.1) is 13.2 Å². The average molecular weight is 460 g/mol. The molecule has 0 unspecified atom stereocenters. The van der Waals surface area contributed by atoms with E-state index in [-0.39, 0.29) is 10.2 Å². The van der Waals surface area contributed by atoms with Crippen LogP contribution in [0.5, 0.6) is 5.75 Å². The van der Waals surface area contributed by atoms with Gasteiger partial charge in [0.25, 0.3) is 0 Å². The van der Waals surface area contributed by atoms with Crippen molar-refractivity contribution in [1.29, 1.82) is 0 Å². The van der Waals surface area contributed by atoms with Gasteiger partial charge in [-0.25, -0.2) is 9.97 Å². The van der Waals surface area contributed by atoms with E-state index in [2.05, 4.69) is 58.5 Å². The van der Waals surface area contributed by atoms with Gasteiger partial charge in [-0.2, -0.15) is 0 Å². The van der Waals surface area contributed by atoms with Crippen LogP contribution in [0.25, 0.3) is 0 Å². The molecule has 0 aliphatic rings. The van der Waals surface area contributed by atoms with E-state index in [4.69, 9.17) is 0 Å². The molecule has 1 heterocycles. The van der Waals surface area contributed by atoms with Crippen molar-refractivity contribution >= 4 is 50.2 Å². The highest BCUT2D eigenvalue weighted by molar-refractivity contribution is 14.1. The van der Waals surface area contributed by atoms with E-state index in [9.17, 15) is 13.2 Å². The number of aromatic nitrogens is 2. The van der Waals surface area contributed by atoms with Gasteiger partial charge in [-0.1, -0.05) is 0 Å². The summed E-state index contributed by atoms with van der Waals surface area (Å²) in [4.78, 5) is 8.06. The fourth-order valence-corrected chi connectivity index (χ4v) is 2.03. The predicted octanol–water partition coefficient (Wildman–Crippen LogP) is 4.49. The van der Waals surface area contributed by atoms with Gasteiger partial charge in [0, 0.05) is 21.7 Å². The van der Waals surface area contributed by atoms with Gasteiger partial charge in [0.05, 0.1) is 4.47 Å². The van der Waals surface area contributed by atoms with Gasteiger partial charge in [-0.3, -0.25) is 0 Å². The second-order valence-corrected chi connectivity index (χ2v) is 5.64. The van der Waals surface area contributed by atoms with Crippen molar-refractivity contribution in [2.24, 2.45) is 0 Å². The van der Waals surface area contributed by atoms with Gasteiger partial charge in [-0.05, 0) is 56.7 Å². The van der Waals surface area contributed by atoms with Crippen LogP contribution < -0.4 is 10.1 Å². The highest BCUT2D eigenvalue weighted by atomic mass is 127. The zero-order valence-corrected chi connectivity index (χ0v) is 13.3. The zero-order chi connectivity index (χ0) is 14.8. The second kappa shape index (κ2) is 6.12. The fraction of sp³-hybridized carbons (Fsp3) is 0.0909. The molecule has 0 bridgehead atoms. The van der Waals surface area contributed by atoms with E-state index in [1.165, 1.54) is 18.2 Å². The van der Waals surface area contributed by atoms with Crippen LogP contribution in [-0.4, -0.2) is 16.3 Å². The Morgan fingerprint density at radius 2 is 1.85 bits per heavy atom. The first-order valence-electron chi connectivity index (χ1n) is 5.13. The van der Waals surface area contributed by atoms with Gasteiger partial charge in [0.15, 0.2) is 0 Å². The smallest absolute Gasteiger partial charge is 0.405 e. The van der Waals surface area contributed by atoms with Crippen molar-refractivity contribution in [2.75, 3.05) is 5.32 Å². The zero-order valence-electron chi connectivity index (χ0n) is 9.58. The first kappa shape index (κ1) is 15.3. The second-order valence-electron chi connectivity index (χ2n) is 3.54. The molecule has 4 nitrogen and oxygen atoms in total. The summed E-state index contributed by atoms with van der Waals surface area (Å²) in [6, 6.07) is 4.09. The summed E-state index contributed by atoms with van der Waals surface area (Å²) in [6.07, 6.45) is -1.49. The van der Waals surface area contributed by atoms with Crippen molar-refractivity contribution in [3.8, 4) is 5.75 Å². The number of nitrogens with zero attached hydrogens (tertiary/aromatic N) is 2. The van der Waals surface area contributed by atoms with E-state index in [0.717, 1.165) is 3.57 Å². The van der Waals surface area contributed by atoms with E-state index < -0.39 is 6.36 Å². The molecule has 0 fully saturated rings. The summed E-state index contributed by atoms with van der Waals surface area (Å²) in [7, 11) is 0. The standard InChI is InChI=1S/C11H6BrF3IN3O/c12-8-3-7(1-2-9(8)20-11(13,14)15)19-10-17-4-6(16)5-18-10/h1-5H,(H,17,18,19). The van der Waals surface area contributed by atoms with E-state index >= 15 is 0 Å². The third kappa shape index (κ3) is 4.47. The Bertz CT molecular complexity index is 607. The quantitative estimate of drug-likeness (QED) is 0.687. The van der Waals surface area contributed by atoms with Crippen LogP contribution in [0.4, 0.5) is 24.8 Å². The van der Waals surface area contributed by atoms with Crippen LogP contribution in [-0.2, 0) is 0 Å². The van der Waals surface area contributed by atoms with Crippen LogP contribution in [0.3, 0.4) is 0 Å². The Morgan fingerprint density at radius 1 is 1.20 bits per heavy atom. The Balaban J connectivity index is 2.14. The van der Waals surface area contributed by atoms with Crippen molar-refractivity contribution < 1.29 is 17.9 Å². The van der Waals surface area contributed by atoms with Gasteiger partial charge in [0.2, 0.25) is 5.95 Å². The summed E-state index contributed by atoms with van der Waals surface area (Å²) >= 11 is 5.08. The van der Waals surface area contributed by atoms with Gasteiger partial charge < -0.3 is 10.1 Å². The third-order valence-electron chi connectivity index (χ3n) is 2.03. The molecule has 1 aromatic carbocycles. The first-order chi connectivity index (χ1) is 9.33. The fourth-order valence-electron chi connectivity index (χ4n) is 1.29. The topological polar surface area (TPSA) is 47.0 Å². The number of hydrogen-bond donors (Lipinski definition) is 1. The lowest BCUT2D eigenvalue weighted by Crippen LogP contribution is -2.17. The van der Waals surface area contributed by atoms with Gasteiger partial charge in [0.1, 0.15) is 5.75 Å².